The van der Waals surface area contributed by atoms with Crippen molar-refractivity contribution in [3.63, 3.8) is 0 Å². The van der Waals surface area contributed by atoms with Gasteiger partial charge < -0.3 is 9.84 Å². The first-order valence-electron chi connectivity index (χ1n) is 5.95. The van der Waals surface area contributed by atoms with E-state index in [1.165, 1.54) is 4.90 Å². The van der Waals surface area contributed by atoms with Crippen LogP contribution >= 0.6 is 0 Å². The number of piperidine rings is 1. The van der Waals surface area contributed by atoms with Crippen LogP contribution in [-0.2, 0) is 9.53 Å². The van der Waals surface area contributed by atoms with Crippen LogP contribution in [0.5, 0.6) is 0 Å². The lowest BCUT2D eigenvalue weighted by Crippen LogP contribution is -2.53. The number of amides is 1. The lowest BCUT2D eigenvalue weighted by atomic mass is 9.91. The fraction of sp³-hybridized carbons (Fsp3) is 0.833. The molecule has 1 rings (SSSR count). The molecule has 1 amide bonds. The van der Waals surface area contributed by atoms with Crippen LogP contribution in [0.3, 0.4) is 0 Å². The minimum Gasteiger partial charge on any atom is -0.480 e. The van der Waals surface area contributed by atoms with Gasteiger partial charge in [-0.1, -0.05) is 6.92 Å². The number of carbonyl (C=O) groups is 2. The van der Waals surface area contributed by atoms with Gasteiger partial charge in [0.1, 0.15) is 11.6 Å². The van der Waals surface area contributed by atoms with Gasteiger partial charge in [-0.05, 0) is 39.5 Å². The van der Waals surface area contributed by atoms with Crippen LogP contribution in [0.1, 0.15) is 40.5 Å². The summed E-state index contributed by atoms with van der Waals surface area (Å²) in [7, 11) is 0. The van der Waals surface area contributed by atoms with E-state index in [0.717, 1.165) is 12.8 Å². The van der Waals surface area contributed by atoms with E-state index in [0.29, 0.717) is 6.54 Å². The van der Waals surface area contributed by atoms with Gasteiger partial charge >= 0.3 is 12.1 Å². The molecule has 1 aliphatic heterocycles. The summed E-state index contributed by atoms with van der Waals surface area (Å²) in [6.07, 6.45) is 1.12. The third-order valence-electron chi connectivity index (χ3n) is 2.81. The average molecular weight is 243 g/mol. The zero-order valence-corrected chi connectivity index (χ0v) is 10.9. The minimum atomic E-state index is -0.956. The fourth-order valence-corrected chi connectivity index (χ4v) is 2.09. The van der Waals surface area contributed by atoms with Gasteiger partial charge in [0, 0.05) is 6.54 Å². The molecule has 0 aliphatic carbocycles. The number of rotatable bonds is 1. The van der Waals surface area contributed by atoms with Crippen molar-refractivity contribution in [1.29, 1.82) is 0 Å². The Kier molecular flexibility index (Phi) is 4.01. The second kappa shape index (κ2) is 4.94. The van der Waals surface area contributed by atoms with Crippen LogP contribution in [0.25, 0.3) is 0 Å². The van der Waals surface area contributed by atoms with Crippen LogP contribution in [0.4, 0.5) is 4.79 Å². The molecule has 5 nitrogen and oxygen atoms in total. The highest BCUT2D eigenvalue weighted by Crippen LogP contribution is 2.25. The summed E-state index contributed by atoms with van der Waals surface area (Å²) < 4.78 is 5.23. The third-order valence-corrected chi connectivity index (χ3v) is 2.81. The number of carbonyl (C=O) groups excluding carboxylic acids is 1. The van der Waals surface area contributed by atoms with Crippen molar-refractivity contribution in [1.82, 2.24) is 4.90 Å². The van der Waals surface area contributed by atoms with Gasteiger partial charge in [0.15, 0.2) is 0 Å². The number of hydrogen-bond donors (Lipinski definition) is 1. The zero-order valence-electron chi connectivity index (χ0n) is 10.9. The molecule has 1 aliphatic rings. The number of nitrogens with zero attached hydrogens (tertiary/aromatic N) is 1. The van der Waals surface area contributed by atoms with Gasteiger partial charge in [-0.25, -0.2) is 9.59 Å². The minimum absolute atomic E-state index is 0.0335. The van der Waals surface area contributed by atoms with Gasteiger partial charge in [-0.2, -0.15) is 0 Å². The van der Waals surface area contributed by atoms with Crippen molar-refractivity contribution in [3.05, 3.63) is 0 Å². The Labute approximate surface area is 102 Å². The van der Waals surface area contributed by atoms with E-state index in [4.69, 9.17) is 4.74 Å². The third kappa shape index (κ3) is 3.61. The zero-order chi connectivity index (χ0) is 13.2. The number of hydrogen-bond acceptors (Lipinski definition) is 3. The molecule has 1 N–H and O–H groups in total. The molecule has 0 radical (unpaired) electrons. The molecular weight excluding hydrogens is 222 g/mol. The molecule has 1 unspecified atom stereocenters. The Bertz CT molecular complexity index is 308. The molecule has 98 valence electrons. The maximum atomic E-state index is 11.9. The van der Waals surface area contributed by atoms with Crippen molar-refractivity contribution in [2.45, 2.75) is 52.2 Å². The normalized spacial score (nSPS) is 25.5. The molecule has 0 aromatic carbocycles. The molecule has 1 saturated heterocycles. The van der Waals surface area contributed by atoms with Crippen LogP contribution in [0.15, 0.2) is 0 Å². The first kappa shape index (κ1) is 13.8. The van der Waals surface area contributed by atoms with Crippen molar-refractivity contribution in [2.24, 2.45) is 5.92 Å². The highest BCUT2D eigenvalue weighted by Gasteiger charge is 2.38. The second-order valence-corrected chi connectivity index (χ2v) is 5.58. The Hall–Kier alpha value is -1.26. The van der Waals surface area contributed by atoms with Crippen LogP contribution in [0.2, 0.25) is 0 Å². The molecular formula is C12H21NO4. The molecule has 17 heavy (non-hydrogen) atoms. The predicted molar refractivity (Wildman–Crippen MR) is 62.8 cm³/mol. The summed E-state index contributed by atoms with van der Waals surface area (Å²) in [6, 6.07) is -0.765. The topological polar surface area (TPSA) is 66.8 Å². The highest BCUT2D eigenvalue weighted by atomic mass is 16.6. The second-order valence-electron chi connectivity index (χ2n) is 5.58. The molecule has 0 aromatic heterocycles. The van der Waals surface area contributed by atoms with Crippen molar-refractivity contribution in [2.75, 3.05) is 6.54 Å². The van der Waals surface area contributed by atoms with Crippen LogP contribution < -0.4 is 0 Å². The molecule has 0 bridgehead atoms. The Balaban J connectivity index is 2.79. The summed E-state index contributed by atoms with van der Waals surface area (Å²) in [5, 5.41) is 9.18. The van der Waals surface area contributed by atoms with Crippen molar-refractivity contribution in [3.8, 4) is 0 Å². The number of likely N-dealkylation sites (tertiary alicyclic amines) is 1. The highest BCUT2D eigenvalue weighted by molar-refractivity contribution is 5.80. The summed E-state index contributed by atoms with van der Waals surface area (Å²) in [5.41, 5.74) is -0.596. The fourth-order valence-electron chi connectivity index (χ4n) is 2.09. The molecule has 2 atom stereocenters. The lowest BCUT2D eigenvalue weighted by Gasteiger charge is -2.37. The monoisotopic (exact) mass is 243 g/mol. The van der Waals surface area contributed by atoms with E-state index in [2.05, 4.69) is 0 Å². The average Bonchev–Trinajstić information content (AvgIpc) is 2.13. The summed E-state index contributed by atoms with van der Waals surface area (Å²) >= 11 is 0. The maximum absolute atomic E-state index is 11.9. The largest absolute Gasteiger partial charge is 0.480 e. The molecule has 1 fully saturated rings. The van der Waals surface area contributed by atoms with Gasteiger partial charge in [0.25, 0.3) is 0 Å². The number of ether oxygens (including phenoxy) is 1. The number of carboxylic acids is 1. The first-order valence-corrected chi connectivity index (χ1v) is 5.95. The number of aliphatic carboxylic acids is 1. The number of carboxylic acid groups (broad SMARTS) is 1. The van der Waals surface area contributed by atoms with Gasteiger partial charge in [-0.15, -0.1) is 0 Å². The summed E-state index contributed by atoms with van der Waals surface area (Å²) in [6.45, 7) is 7.63. The van der Waals surface area contributed by atoms with Gasteiger partial charge in [0.05, 0.1) is 0 Å². The van der Waals surface area contributed by atoms with E-state index >= 15 is 0 Å². The molecule has 5 heteroatoms. The Morgan fingerprint density at radius 1 is 1.35 bits per heavy atom. The SMILES string of the molecule is CC1CCCN(C(=O)OC(C)(C)C)[C@@H]1C(=O)O. The smallest absolute Gasteiger partial charge is 0.411 e. The van der Waals surface area contributed by atoms with Gasteiger partial charge in [0.2, 0.25) is 0 Å². The summed E-state index contributed by atoms with van der Waals surface area (Å²) in [4.78, 5) is 24.4. The van der Waals surface area contributed by atoms with E-state index < -0.39 is 23.7 Å². The van der Waals surface area contributed by atoms with Crippen LogP contribution in [-0.4, -0.2) is 40.3 Å². The Morgan fingerprint density at radius 3 is 2.41 bits per heavy atom. The lowest BCUT2D eigenvalue weighted by molar-refractivity contribution is -0.146. The Morgan fingerprint density at radius 2 is 1.94 bits per heavy atom. The standard InChI is InChI=1S/C12H21NO4/c1-8-6-5-7-13(9(8)10(14)15)11(16)17-12(2,3)4/h8-9H,5-7H2,1-4H3,(H,14,15)/t8?,9-/m0/s1. The quantitative estimate of drug-likeness (QED) is 0.766. The van der Waals surface area contributed by atoms with Crippen LogP contribution in [0, 0.1) is 5.92 Å². The van der Waals surface area contributed by atoms with Crippen molar-refractivity contribution < 1.29 is 19.4 Å². The molecule has 0 saturated carbocycles. The maximum Gasteiger partial charge on any atom is 0.411 e. The summed E-state index contributed by atoms with van der Waals surface area (Å²) in [5.74, 6) is -0.989. The van der Waals surface area contributed by atoms with E-state index in [-0.39, 0.29) is 5.92 Å². The van der Waals surface area contributed by atoms with Gasteiger partial charge in [-0.3, -0.25) is 4.90 Å². The molecule has 0 aromatic rings. The predicted octanol–water partition coefficient (Wildman–Crippen LogP) is 2.11. The van der Waals surface area contributed by atoms with E-state index in [9.17, 15) is 14.7 Å². The molecule has 0 spiro atoms. The molecule has 1 heterocycles. The van der Waals surface area contributed by atoms with Crippen molar-refractivity contribution >= 4 is 12.1 Å². The van der Waals surface area contributed by atoms with E-state index in [1.807, 2.05) is 6.92 Å². The first-order chi connectivity index (χ1) is 7.72. The van der Waals surface area contributed by atoms with E-state index in [1.54, 1.807) is 20.8 Å².